The molecule has 0 saturated carbocycles. The van der Waals surface area contributed by atoms with Crippen molar-refractivity contribution in [3.63, 3.8) is 0 Å². The third kappa shape index (κ3) is 228. The van der Waals surface area contributed by atoms with Gasteiger partial charge in [-0.1, -0.05) is 0 Å². The van der Waals surface area contributed by atoms with Crippen molar-refractivity contribution in [2.24, 2.45) is 0 Å². The van der Waals surface area contributed by atoms with E-state index in [0.29, 0.717) is 0 Å². The second kappa shape index (κ2) is 22.9. The molecule has 0 saturated heterocycles. The number of carbonyl (C=O) groups is 2. The Balaban J connectivity index is -0.0000000171. The van der Waals surface area contributed by atoms with Gasteiger partial charge in [-0.25, -0.2) is 0 Å². The molecule has 0 spiro atoms. The second-order valence-corrected chi connectivity index (χ2v) is 0.500. The molecule has 0 unspecified atom stereocenters. The van der Waals surface area contributed by atoms with Crippen LogP contribution in [0.1, 0.15) is 0 Å². The molecule has 0 aromatic rings. The van der Waals surface area contributed by atoms with Gasteiger partial charge in [0.1, 0.15) is 0 Å². The third-order valence-electron chi connectivity index (χ3n) is 0. The predicted molar refractivity (Wildman–Crippen MR) is 16.5 cm³/mol. The van der Waals surface area contributed by atoms with Crippen molar-refractivity contribution in [1.82, 2.24) is 0 Å². The van der Waals surface area contributed by atoms with Crippen LogP contribution in [0.25, 0.3) is 0 Å². The Labute approximate surface area is 157 Å². The molecule has 0 aliphatic carbocycles. The normalized spacial score (nSPS) is 4.36. The Bertz CT molecular complexity index is 78.6. The first-order chi connectivity index (χ1) is 3.46. The van der Waals surface area contributed by atoms with E-state index in [1.165, 1.54) is 0 Å². The molecule has 0 N–H and O–H groups in total. The van der Waals surface area contributed by atoms with Crippen LogP contribution in [0.3, 0.4) is 0 Å². The van der Waals surface area contributed by atoms with Gasteiger partial charge in [0.15, 0.2) is 0 Å². The Kier molecular flexibility index (Phi) is 60.7. The van der Waals surface area contributed by atoms with Crippen LogP contribution in [0.4, 0.5) is 9.59 Å². The van der Waals surface area contributed by atoms with Crippen LogP contribution < -0.4 is 101 Å². The monoisotopic (exact) mass is 222 g/mol. The van der Waals surface area contributed by atoms with Gasteiger partial charge < -0.3 is 30.0 Å². The van der Waals surface area contributed by atoms with Crippen LogP contribution in [0.5, 0.6) is 0 Å². The van der Waals surface area contributed by atoms with E-state index in [4.69, 9.17) is 30.0 Å². The van der Waals surface area contributed by atoms with E-state index in [2.05, 4.69) is 0 Å². The van der Waals surface area contributed by atoms with E-state index in [0.717, 1.165) is 0 Å². The standard InChI is InChI=1S/2CH2O3.Ca.K.Na/c2*2-1(3)4;;;/h2*(H2,2,3,4);;;/q;;+2;2*+1/p-4. The van der Waals surface area contributed by atoms with Gasteiger partial charge in [0, 0.05) is 0 Å². The van der Waals surface area contributed by atoms with Gasteiger partial charge in [0.2, 0.25) is 0 Å². The van der Waals surface area contributed by atoms with Gasteiger partial charge in [-0.05, 0) is 12.3 Å². The molecule has 0 aliphatic rings. The average molecular weight is 222 g/mol. The summed E-state index contributed by atoms with van der Waals surface area (Å²) in [5.41, 5.74) is 0. The van der Waals surface area contributed by atoms with E-state index in [-0.39, 0.29) is 119 Å². The van der Waals surface area contributed by atoms with Gasteiger partial charge in [0.05, 0.1) is 0 Å². The summed E-state index contributed by atoms with van der Waals surface area (Å²) in [6.45, 7) is 0. The van der Waals surface area contributed by atoms with Crippen LogP contribution in [-0.2, 0) is 0 Å². The van der Waals surface area contributed by atoms with Crippen LogP contribution in [0, 0.1) is 0 Å². The zero-order valence-corrected chi connectivity index (χ0v) is 13.5. The van der Waals surface area contributed by atoms with E-state index in [1.807, 2.05) is 0 Å². The van der Waals surface area contributed by atoms with Gasteiger partial charge in [-0.2, -0.15) is 0 Å². The molecule has 0 aliphatic heterocycles. The summed E-state index contributed by atoms with van der Waals surface area (Å²) in [5, 5.41) is 33.3. The van der Waals surface area contributed by atoms with Crippen LogP contribution in [0.2, 0.25) is 0 Å². The Hall–Kier alpha value is 2.44. The molecular weight excluding hydrogens is 222 g/mol. The zero-order chi connectivity index (χ0) is 7.15. The smallest absolute Gasteiger partial charge is 0.652 e. The summed E-state index contributed by atoms with van der Waals surface area (Å²) in [5.74, 6) is 0. The molecule has 6 nitrogen and oxygen atoms in total. The molecular formula is C2CaKNaO6. The molecule has 0 bridgehead atoms. The van der Waals surface area contributed by atoms with Crippen LogP contribution in [0.15, 0.2) is 0 Å². The zero-order valence-electron chi connectivity index (χ0n) is 6.16. The summed E-state index contributed by atoms with van der Waals surface area (Å²) < 4.78 is 0. The summed E-state index contributed by atoms with van der Waals surface area (Å²) in [6, 6.07) is 0. The fourth-order valence-corrected chi connectivity index (χ4v) is 0. The van der Waals surface area contributed by atoms with Crippen molar-refractivity contribution in [3.05, 3.63) is 0 Å². The molecule has 0 atom stereocenters. The maximum atomic E-state index is 8.33. The molecule has 0 aromatic carbocycles. The third-order valence-corrected chi connectivity index (χ3v) is 0. The van der Waals surface area contributed by atoms with Gasteiger partial charge in [0.25, 0.3) is 0 Å². The number of carboxylic acid groups (broad SMARTS) is 4. The SMILES string of the molecule is O=C([O-])[O-].O=C([O-])[O-].[Ca+2].[K+].[Na+]. The quantitative estimate of drug-likeness (QED) is 0.374. The molecule has 0 aromatic heterocycles. The first kappa shape index (κ1) is 29.2. The summed E-state index contributed by atoms with van der Waals surface area (Å²) in [7, 11) is 0. The minimum atomic E-state index is -2.33. The van der Waals surface area contributed by atoms with E-state index in [1.54, 1.807) is 0 Å². The fraction of sp³-hybridized carbons (Fsp3) is 0. The largest absolute Gasteiger partial charge is 2.00 e. The Morgan fingerprint density at radius 1 is 0.818 bits per heavy atom. The predicted octanol–water partition coefficient (Wildman–Crippen LogP) is -11.3. The molecule has 0 heterocycles. The van der Waals surface area contributed by atoms with Gasteiger partial charge in [-0.3, -0.25) is 0 Å². The maximum Gasteiger partial charge on any atom is 2.00 e. The minimum absolute atomic E-state index is 0. The van der Waals surface area contributed by atoms with Crippen molar-refractivity contribution in [2.75, 3.05) is 0 Å². The Morgan fingerprint density at radius 3 is 0.818 bits per heavy atom. The van der Waals surface area contributed by atoms with E-state index >= 15 is 0 Å². The van der Waals surface area contributed by atoms with Crippen LogP contribution >= 0.6 is 0 Å². The van der Waals surface area contributed by atoms with E-state index in [9.17, 15) is 0 Å². The van der Waals surface area contributed by atoms with Crippen LogP contribution in [-0.4, -0.2) is 50.0 Å². The van der Waals surface area contributed by atoms with E-state index < -0.39 is 12.3 Å². The van der Waals surface area contributed by atoms with Crippen molar-refractivity contribution < 1.29 is 111 Å². The molecule has 0 radical (unpaired) electrons. The van der Waals surface area contributed by atoms with Crippen molar-refractivity contribution >= 4 is 50.0 Å². The number of rotatable bonds is 0. The first-order valence-corrected chi connectivity index (χ1v) is 1.22. The second-order valence-electron chi connectivity index (χ2n) is 0.500. The number of carbonyl (C=O) groups excluding carboxylic acids is 2. The molecule has 11 heavy (non-hydrogen) atoms. The summed E-state index contributed by atoms with van der Waals surface area (Å²) >= 11 is 0. The topological polar surface area (TPSA) is 126 Å². The number of hydrogen-bond donors (Lipinski definition) is 0. The average Bonchev–Trinajstić information content (AvgIpc) is 1.25. The molecule has 0 rings (SSSR count). The Morgan fingerprint density at radius 2 is 0.818 bits per heavy atom. The molecule has 9 heteroatoms. The maximum absolute atomic E-state index is 8.33. The van der Waals surface area contributed by atoms with Gasteiger partial charge >= 0.3 is 119 Å². The first-order valence-electron chi connectivity index (χ1n) is 1.22. The fourth-order valence-electron chi connectivity index (χ4n) is 0. The molecule has 0 amide bonds. The molecule has 0 fully saturated rings. The minimum Gasteiger partial charge on any atom is -0.652 e. The summed E-state index contributed by atoms with van der Waals surface area (Å²) in [4.78, 5) is 16.7. The van der Waals surface area contributed by atoms with Crippen molar-refractivity contribution in [2.45, 2.75) is 0 Å². The summed E-state index contributed by atoms with van der Waals surface area (Å²) in [6.07, 6.45) is -4.67. The van der Waals surface area contributed by atoms with Gasteiger partial charge in [-0.15, -0.1) is 0 Å². The van der Waals surface area contributed by atoms with Crippen molar-refractivity contribution in [3.8, 4) is 0 Å². The van der Waals surface area contributed by atoms with Crippen molar-refractivity contribution in [1.29, 1.82) is 0 Å². The number of hydrogen-bond acceptors (Lipinski definition) is 6. The molecule has 48 valence electrons.